The van der Waals surface area contributed by atoms with Crippen molar-refractivity contribution in [2.24, 2.45) is 10.4 Å². The van der Waals surface area contributed by atoms with Gasteiger partial charge < -0.3 is 24.5 Å². The Labute approximate surface area is 168 Å². The van der Waals surface area contributed by atoms with Crippen molar-refractivity contribution >= 4 is 5.96 Å². The molecule has 7 heteroatoms. The van der Waals surface area contributed by atoms with E-state index in [9.17, 15) is 0 Å². The van der Waals surface area contributed by atoms with Gasteiger partial charge in [0.1, 0.15) is 11.5 Å². The van der Waals surface area contributed by atoms with Crippen LogP contribution in [0.3, 0.4) is 0 Å². The summed E-state index contributed by atoms with van der Waals surface area (Å²) in [5.74, 6) is 2.80. The van der Waals surface area contributed by atoms with Crippen LogP contribution in [-0.4, -0.2) is 71.0 Å². The molecule has 1 saturated heterocycles. The molecule has 1 aliphatic heterocycles. The van der Waals surface area contributed by atoms with Gasteiger partial charge in [-0.1, -0.05) is 6.42 Å². The maximum absolute atomic E-state index is 5.95. The Balaban J connectivity index is 1.56. The van der Waals surface area contributed by atoms with Crippen molar-refractivity contribution in [3.8, 4) is 0 Å². The highest BCUT2D eigenvalue weighted by molar-refractivity contribution is 5.79. The normalized spacial score (nSPS) is 21.2. The van der Waals surface area contributed by atoms with Crippen LogP contribution in [0.2, 0.25) is 0 Å². The molecule has 0 amide bonds. The van der Waals surface area contributed by atoms with Crippen LogP contribution in [0.15, 0.2) is 21.5 Å². The fourth-order valence-corrected chi connectivity index (χ4v) is 4.13. The highest BCUT2D eigenvalue weighted by Crippen LogP contribution is 2.43. The van der Waals surface area contributed by atoms with Crippen LogP contribution in [0.25, 0.3) is 0 Å². The number of hydrogen-bond donors (Lipinski definition) is 2. The number of hydrogen-bond acceptors (Lipinski definition) is 5. The molecule has 0 bridgehead atoms. The van der Waals surface area contributed by atoms with Gasteiger partial charge in [0.05, 0.1) is 19.3 Å². The van der Waals surface area contributed by atoms with Gasteiger partial charge in [0.2, 0.25) is 0 Å². The molecule has 1 aliphatic carbocycles. The molecule has 2 heterocycles. The number of morpholine rings is 1. The highest BCUT2D eigenvalue weighted by atomic mass is 16.5. The lowest BCUT2D eigenvalue weighted by atomic mass is 9.67. The molecule has 0 aromatic carbocycles. The second kappa shape index (κ2) is 10.3. The van der Waals surface area contributed by atoms with Crippen LogP contribution in [0, 0.1) is 12.3 Å². The molecule has 1 saturated carbocycles. The minimum Gasteiger partial charge on any atom is -0.465 e. The molecular formula is C21H36N4O3. The minimum absolute atomic E-state index is 0.169. The Kier molecular flexibility index (Phi) is 7.76. The summed E-state index contributed by atoms with van der Waals surface area (Å²) >= 11 is 0. The zero-order valence-corrected chi connectivity index (χ0v) is 17.6. The zero-order chi connectivity index (χ0) is 19.8. The summed E-state index contributed by atoms with van der Waals surface area (Å²) in [6, 6.07) is 4.29. The summed E-state index contributed by atoms with van der Waals surface area (Å²) in [5, 5.41) is 7.06. The predicted octanol–water partition coefficient (Wildman–Crippen LogP) is 2.33. The number of rotatable bonds is 9. The van der Waals surface area contributed by atoms with E-state index in [-0.39, 0.29) is 6.04 Å². The monoisotopic (exact) mass is 392 g/mol. The Bertz CT molecular complexity index is 621. The van der Waals surface area contributed by atoms with E-state index < -0.39 is 0 Å². The van der Waals surface area contributed by atoms with Gasteiger partial charge in [0, 0.05) is 46.9 Å². The fraction of sp³-hybridized carbons (Fsp3) is 0.762. The Morgan fingerprint density at radius 1 is 1.29 bits per heavy atom. The summed E-state index contributed by atoms with van der Waals surface area (Å²) < 4.78 is 16.8. The smallest absolute Gasteiger partial charge is 0.191 e. The van der Waals surface area contributed by atoms with Crippen LogP contribution in [0.5, 0.6) is 0 Å². The van der Waals surface area contributed by atoms with Gasteiger partial charge in [0.15, 0.2) is 5.96 Å². The fourth-order valence-electron chi connectivity index (χ4n) is 4.13. The standard InChI is InChI=1S/C21H36N4O3/c1-17-5-6-19(28-17)18(25-10-13-27-14-11-25)15-23-20(22-2)24-16-21(7-4-8-21)9-12-26-3/h5-6,18H,4,7-16H2,1-3H3,(H2,22,23,24). The maximum Gasteiger partial charge on any atom is 0.191 e. The first-order valence-electron chi connectivity index (χ1n) is 10.5. The van der Waals surface area contributed by atoms with E-state index in [1.165, 1.54) is 19.3 Å². The van der Waals surface area contributed by atoms with Crippen molar-refractivity contribution in [2.45, 2.75) is 38.6 Å². The van der Waals surface area contributed by atoms with E-state index in [0.29, 0.717) is 5.41 Å². The van der Waals surface area contributed by atoms with Gasteiger partial charge in [0.25, 0.3) is 0 Å². The van der Waals surface area contributed by atoms with Crippen molar-refractivity contribution in [2.75, 3.05) is 60.2 Å². The van der Waals surface area contributed by atoms with Gasteiger partial charge in [-0.25, -0.2) is 0 Å². The van der Waals surface area contributed by atoms with Crippen molar-refractivity contribution in [1.29, 1.82) is 0 Å². The molecule has 2 N–H and O–H groups in total. The number of nitrogens with one attached hydrogen (secondary N) is 2. The van der Waals surface area contributed by atoms with E-state index in [0.717, 1.165) is 69.9 Å². The van der Waals surface area contributed by atoms with Gasteiger partial charge in [-0.05, 0) is 43.7 Å². The van der Waals surface area contributed by atoms with E-state index in [1.54, 1.807) is 7.11 Å². The van der Waals surface area contributed by atoms with Crippen molar-refractivity contribution < 1.29 is 13.9 Å². The summed E-state index contributed by atoms with van der Waals surface area (Å²) in [5.41, 5.74) is 0.357. The minimum atomic E-state index is 0.169. The topological polar surface area (TPSA) is 71.3 Å². The van der Waals surface area contributed by atoms with Crippen LogP contribution >= 0.6 is 0 Å². The summed E-state index contributed by atoms with van der Waals surface area (Å²) in [6.45, 7) is 7.87. The molecule has 3 rings (SSSR count). The van der Waals surface area contributed by atoms with Crippen LogP contribution in [-0.2, 0) is 9.47 Å². The van der Waals surface area contributed by atoms with E-state index in [1.807, 2.05) is 20.0 Å². The lowest BCUT2D eigenvalue weighted by molar-refractivity contribution is 0.0124. The molecule has 0 radical (unpaired) electrons. The third-order valence-electron chi connectivity index (χ3n) is 6.14. The number of ether oxygens (including phenoxy) is 2. The lowest BCUT2D eigenvalue weighted by Crippen LogP contribution is -2.49. The van der Waals surface area contributed by atoms with Crippen LogP contribution < -0.4 is 10.6 Å². The van der Waals surface area contributed by atoms with Crippen molar-refractivity contribution in [3.63, 3.8) is 0 Å². The summed E-state index contributed by atoms with van der Waals surface area (Å²) in [4.78, 5) is 6.86. The SMILES string of the molecule is CN=C(NCC(c1ccc(C)o1)N1CCOCC1)NCC1(CCOC)CCC1. The average Bonchev–Trinajstić information content (AvgIpc) is 3.12. The zero-order valence-electron chi connectivity index (χ0n) is 17.6. The number of aryl methyl sites for hydroxylation is 1. The molecule has 28 heavy (non-hydrogen) atoms. The number of furan rings is 1. The number of nitrogens with zero attached hydrogens (tertiary/aromatic N) is 2. The van der Waals surface area contributed by atoms with Gasteiger partial charge in [-0.2, -0.15) is 0 Å². The van der Waals surface area contributed by atoms with Crippen LogP contribution in [0.4, 0.5) is 0 Å². The Morgan fingerprint density at radius 3 is 2.64 bits per heavy atom. The quantitative estimate of drug-likeness (QED) is 0.496. The highest BCUT2D eigenvalue weighted by Gasteiger charge is 2.36. The molecule has 1 unspecified atom stereocenters. The number of aliphatic imine (C=N–C) groups is 1. The largest absolute Gasteiger partial charge is 0.465 e. The van der Waals surface area contributed by atoms with Gasteiger partial charge in [-0.3, -0.25) is 9.89 Å². The average molecular weight is 393 g/mol. The van der Waals surface area contributed by atoms with E-state index in [4.69, 9.17) is 13.9 Å². The molecule has 1 aromatic rings. The third-order valence-corrected chi connectivity index (χ3v) is 6.14. The molecule has 1 aromatic heterocycles. The molecule has 0 spiro atoms. The molecule has 7 nitrogen and oxygen atoms in total. The van der Waals surface area contributed by atoms with Crippen LogP contribution in [0.1, 0.15) is 43.2 Å². The van der Waals surface area contributed by atoms with Crippen molar-refractivity contribution in [3.05, 3.63) is 23.7 Å². The maximum atomic E-state index is 5.95. The third kappa shape index (κ3) is 5.49. The summed E-state index contributed by atoms with van der Waals surface area (Å²) in [7, 11) is 3.61. The number of guanidine groups is 1. The molecule has 2 fully saturated rings. The molecular weight excluding hydrogens is 356 g/mol. The van der Waals surface area contributed by atoms with Gasteiger partial charge >= 0.3 is 0 Å². The van der Waals surface area contributed by atoms with E-state index in [2.05, 4.69) is 26.6 Å². The molecule has 158 valence electrons. The first kappa shape index (κ1) is 21.1. The summed E-state index contributed by atoms with van der Waals surface area (Å²) in [6.07, 6.45) is 4.95. The second-order valence-electron chi connectivity index (χ2n) is 8.02. The van der Waals surface area contributed by atoms with E-state index >= 15 is 0 Å². The van der Waals surface area contributed by atoms with Gasteiger partial charge in [-0.15, -0.1) is 0 Å². The first-order chi connectivity index (χ1) is 13.7. The Morgan fingerprint density at radius 2 is 2.07 bits per heavy atom. The number of methoxy groups -OCH3 is 1. The molecule has 1 atom stereocenters. The Hall–Kier alpha value is -1.57. The predicted molar refractivity (Wildman–Crippen MR) is 111 cm³/mol. The first-order valence-corrected chi connectivity index (χ1v) is 10.5. The van der Waals surface area contributed by atoms with Crippen molar-refractivity contribution in [1.82, 2.24) is 15.5 Å². The lowest BCUT2D eigenvalue weighted by Gasteiger charge is -2.42. The molecule has 2 aliphatic rings. The second-order valence-corrected chi connectivity index (χ2v) is 8.02.